The first-order valence-electron chi connectivity index (χ1n) is 5.19. The van der Waals surface area contributed by atoms with Gasteiger partial charge in [0.1, 0.15) is 0 Å². The van der Waals surface area contributed by atoms with Crippen LogP contribution >= 0.6 is 15.9 Å². The number of hydrogen-bond acceptors (Lipinski definition) is 1. The third kappa shape index (κ3) is 1.17. The molecule has 2 heteroatoms. The van der Waals surface area contributed by atoms with Crippen molar-refractivity contribution in [3.8, 4) is 0 Å². The van der Waals surface area contributed by atoms with Crippen molar-refractivity contribution in [3.05, 3.63) is 32.8 Å². The first kappa shape index (κ1) is 8.66. The van der Waals surface area contributed by atoms with Crippen LogP contribution in [0.5, 0.6) is 0 Å². The molecule has 0 N–H and O–H groups in total. The molecule has 0 unspecified atom stereocenters. The highest BCUT2D eigenvalue weighted by atomic mass is 79.9. The van der Waals surface area contributed by atoms with E-state index in [1.165, 1.54) is 46.8 Å². The molecule has 0 radical (unpaired) electrons. The minimum atomic E-state index is 0.864. The van der Waals surface area contributed by atoms with Crippen molar-refractivity contribution in [2.24, 2.45) is 4.99 Å². The zero-order valence-electron chi connectivity index (χ0n) is 8.02. The number of nitrogens with zero attached hydrogens (tertiary/aromatic N) is 1. The Morgan fingerprint density at radius 2 is 2.00 bits per heavy atom. The molecule has 1 aliphatic carbocycles. The number of fused-ring (bicyclic) bond motifs is 2. The van der Waals surface area contributed by atoms with Crippen molar-refractivity contribution in [1.29, 1.82) is 0 Å². The molecular weight excluding hydrogens is 238 g/mol. The highest BCUT2D eigenvalue weighted by molar-refractivity contribution is 9.10. The molecule has 0 aromatic heterocycles. The van der Waals surface area contributed by atoms with Crippen molar-refractivity contribution in [2.45, 2.75) is 32.2 Å². The Kier molecular flexibility index (Phi) is 1.98. The van der Waals surface area contributed by atoms with Crippen molar-refractivity contribution in [1.82, 2.24) is 0 Å². The molecule has 1 nitrogen and oxygen atoms in total. The van der Waals surface area contributed by atoms with Crippen LogP contribution in [-0.4, -0.2) is 6.21 Å². The molecule has 0 amide bonds. The third-order valence-electron chi connectivity index (χ3n) is 3.20. The maximum Gasteiger partial charge on any atom is 0.0657 e. The van der Waals surface area contributed by atoms with Gasteiger partial charge >= 0.3 is 0 Å². The van der Waals surface area contributed by atoms with E-state index in [0.29, 0.717) is 0 Å². The average molecular weight is 250 g/mol. The Morgan fingerprint density at radius 3 is 2.93 bits per heavy atom. The Hall–Kier alpha value is -0.630. The van der Waals surface area contributed by atoms with E-state index in [4.69, 9.17) is 0 Å². The summed E-state index contributed by atoms with van der Waals surface area (Å²) in [6.45, 7) is 0.864. The zero-order valence-corrected chi connectivity index (χ0v) is 9.60. The second kappa shape index (κ2) is 3.20. The first-order valence-corrected chi connectivity index (χ1v) is 5.98. The normalized spacial score (nSPS) is 18.1. The summed E-state index contributed by atoms with van der Waals surface area (Å²) < 4.78 is 1.34. The van der Waals surface area contributed by atoms with Gasteiger partial charge < -0.3 is 0 Å². The molecule has 3 rings (SSSR count). The fraction of sp³-hybridized carbons (Fsp3) is 0.417. The van der Waals surface area contributed by atoms with E-state index in [1.807, 2.05) is 6.21 Å². The summed E-state index contributed by atoms with van der Waals surface area (Å²) in [4.78, 5) is 4.33. The van der Waals surface area contributed by atoms with Gasteiger partial charge in [-0.25, -0.2) is 0 Å². The number of benzene rings is 1. The minimum absolute atomic E-state index is 0.864. The van der Waals surface area contributed by atoms with Gasteiger partial charge in [0, 0.05) is 10.7 Å². The molecule has 1 aromatic carbocycles. The van der Waals surface area contributed by atoms with Crippen LogP contribution < -0.4 is 0 Å². The molecule has 0 saturated heterocycles. The lowest BCUT2D eigenvalue weighted by Crippen LogP contribution is -2.06. The molecule has 0 bridgehead atoms. The third-order valence-corrected chi connectivity index (χ3v) is 4.16. The molecule has 72 valence electrons. The zero-order chi connectivity index (χ0) is 9.54. The summed E-state index contributed by atoms with van der Waals surface area (Å²) >= 11 is 3.74. The Bertz CT molecular complexity index is 421. The summed E-state index contributed by atoms with van der Waals surface area (Å²) in [5, 5.41) is 0. The minimum Gasteiger partial charge on any atom is -0.288 e. The Labute approximate surface area is 92.4 Å². The average Bonchev–Trinajstić information content (AvgIpc) is 2.66. The SMILES string of the molecule is Brc1c2c(cc3c1CCCC3)C=NC2. The first-order chi connectivity index (χ1) is 6.86. The molecule has 1 aromatic rings. The molecule has 0 atom stereocenters. The van der Waals surface area contributed by atoms with Crippen LogP contribution in [0.2, 0.25) is 0 Å². The van der Waals surface area contributed by atoms with Crippen LogP contribution in [0.4, 0.5) is 0 Å². The summed E-state index contributed by atoms with van der Waals surface area (Å²) in [6, 6.07) is 2.34. The van der Waals surface area contributed by atoms with E-state index in [0.717, 1.165) is 6.54 Å². The lowest BCUT2D eigenvalue weighted by Gasteiger charge is -2.19. The van der Waals surface area contributed by atoms with Crippen LogP contribution in [-0.2, 0) is 19.4 Å². The van der Waals surface area contributed by atoms with Crippen molar-refractivity contribution < 1.29 is 0 Å². The van der Waals surface area contributed by atoms with Gasteiger partial charge in [-0.3, -0.25) is 4.99 Å². The van der Waals surface area contributed by atoms with Crippen LogP contribution in [0.1, 0.15) is 35.1 Å². The molecule has 14 heavy (non-hydrogen) atoms. The molecule has 2 aliphatic rings. The van der Waals surface area contributed by atoms with E-state index < -0.39 is 0 Å². The van der Waals surface area contributed by atoms with Gasteiger partial charge in [-0.1, -0.05) is 15.9 Å². The van der Waals surface area contributed by atoms with Gasteiger partial charge in [0.2, 0.25) is 0 Å². The summed E-state index contributed by atoms with van der Waals surface area (Å²) in [7, 11) is 0. The Balaban J connectivity index is 2.23. The number of halogens is 1. The fourth-order valence-corrected chi connectivity index (χ4v) is 3.24. The standard InChI is InChI=1S/C12H12BrN/c13-12-10-4-2-1-3-8(10)5-9-6-14-7-11(9)12/h5-6H,1-4,7H2. The predicted octanol–water partition coefficient (Wildman–Crippen LogP) is 3.26. The highest BCUT2D eigenvalue weighted by Crippen LogP contribution is 2.34. The number of aliphatic imine (C=N–C) groups is 1. The number of hydrogen-bond donors (Lipinski definition) is 0. The summed E-state index contributed by atoms with van der Waals surface area (Å²) in [6.07, 6.45) is 7.17. The van der Waals surface area contributed by atoms with Gasteiger partial charge in [0.25, 0.3) is 0 Å². The predicted molar refractivity (Wildman–Crippen MR) is 62.1 cm³/mol. The van der Waals surface area contributed by atoms with E-state index in [1.54, 1.807) is 5.56 Å². The topological polar surface area (TPSA) is 12.4 Å². The van der Waals surface area contributed by atoms with Gasteiger partial charge in [0.15, 0.2) is 0 Å². The van der Waals surface area contributed by atoms with Gasteiger partial charge in [-0.05, 0) is 54.0 Å². The van der Waals surface area contributed by atoms with E-state index in [2.05, 4.69) is 27.0 Å². The highest BCUT2D eigenvalue weighted by Gasteiger charge is 2.19. The molecule has 0 spiro atoms. The van der Waals surface area contributed by atoms with E-state index in [9.17, 15) is 0 Å². The summed E-state index contributed by atoms with van der Waals surface area (Å²) in [5.74, 6) is 0. The van der Waals surface area contributed by atoms with Crippen molar-refractivity contribution in [3.63, 3.8) is 0 Å². The quantitative estimate of drug-likeness (QED) is 0.670. The summed E-state index contributed by atoms with van der Waals surface area (Å²) in [5.41, 5.74) is 5.80. The van der Waals surface area contributed by atoms with Crippen molar-refractivity contribution >= 4 is 22.1 Å². The smallest absolute Gasteiger partial charge is 0.0657 e. The molecule has 1 heterocycles. The second-order valence-electron chi connectivity index (χ2n) is 4.07. The monoisotopic (exact) mass is 249 g/mol. The lowest BCUT2D eigenvalue weighted by atomic mass is 9.89. The number of aryl methyl sites for hydroxylation is 1. The van der Waals surface area contributed by atoms with Gasteiger partial charge in [-0.2, -0.15) is 0 Å². The molecule has 0 saturated carbocycles. The number of rotatable bonds is 0. The molecule has 0 fully saturated rings. The maximum absolute atomic E-state index is 4.33. The lowest BCUT2D eigenvalue weighted by molar-refractivity contribution is 0.681. The second-order valence-corrected chi connectivity index (χ2v) is 4.87. The van der Waals surface area contributed by atoms with E-state index in [-0.39, 0.29) is 0 Å². The van der Waals surface area contributed by atoms with Gasteiger partial charge in [-0.15, -0.1) is 0 Å². The van der Waals surface area contributed by atoms with Crippen LogP contribution in [0.3, 0.4) is 0 Å². The molecular formula is C12H12BrN. The van der Waals surface area contributed by atoms with Crippen LogP contribution in [0, 0.1) is 0 Å². The molecule has 1 aliphatic heterocycles. The van der Waals surface area contributed by atoms with Crippen molar-refractivity contribution in [2.75, 3.05) is 0 Å². The van der Waals surface area contributed by atoms with Crippen LogP contribution in [0.15, 0.2) is 15.5 Å². The fourth-order valence-electron chi connectivity index (χ4n) is 2.43. The maximum atomic E-state index is 4.33. The van der Waals surface area contributed by atoms with E-state index >= 15 is 0 Å². The van der Waals surface area contributed by atoms with Crippen LogP contribution in [0.25, 0.3) is 0 Å². The largest absolute Gasteiger partial charge is 0.288 e. The Morgan fingerprint density at radius 1 is 1.14 bits per heavy atom. The van der Waals surface area contributed by atoms with Gasteiger partial charge in [0.05, 0.1) is 6.54 Å².